The van der Waals surface area contributed by atoms with Crippen molar-refractivity contribution < 1.29 is 0 Å². The minimum absolute atomic E-state index is 0.130. The van der Waals surface area contributed by atoms with Gasteiger partial charge in [0.1, 0.15) is 0 Å². The predicted octanol–water partition coefficient (Wildman–Crippen LogP) is 3.36. The Bertz CT molecular complexity index is 422. The van der Waals surface area contributed by atoms with Crippen LogP contribution in [-0.2, 0) is 5.41 Å². The maximum absolute atomic E-state index is 6.11. The molecule has 0 saturated carbocycles. The fourth-order valence-electron chi connectivity index (χ4n) is 3.09. The number of hydrogen-bond donors (Lipinski definition) is 1. The van der Waals surface area contributed by atoms with Crippen LogP contribution in [0, 0.1) is 0 Å². The molecule has 2 unspecified atom stereocenters. The second-order valence-electron chi connectivity index (χ2n) is 6.85. The lowest BCUT2D eigenvalue weighted by atomic mass is 9.90. The Morgan fingerprint density at radius 1 is 1.45 bits per heavy atom. The molecular formula is C16H29N3S. The highest BCUT2D eigenvalue weighted by Gasteiger charge is 2.31. The average molecular weight is 295 g/mol. The largest absolute Gasteiger partial charge is 0.330 e. The fourth-order valence-corrected chi connectivity index (χ4v) is 4.31. The van der Waals surface area contributed by atoms with E-state index in [2.05, 4.69) is 38.0 Å². The van der Waals surface area contributed by atoms with Gasteiger partial charge in [0, 0.05) is 29.3 Å². The predicted molar refractivity (Wildman–Crippen MR) is 87.5 cm³/mol. The molecule has 2 N–H and O–H groups in total. The van der Waals surface area contributed by atoms with Crippen LogP contribution >= 0.6 is 11.3 Å². The van der Waals surface area contributed by atoms with Gasteiger partial charge in [-0.2, -0.15) is 0 Å². The van der Waals surface area contributed by atoms with Crippen LogP contribution in [0.2, 0.25) is 0 Å². The standard InChI is InChI=1S/C16H29N3S/c1-5-19-9-7-6-8-13(19)12(10-17)15-18-14(11-20-15)16(2,3)4/h11-13H,5-10,17H2,1-4H3. The average Bonchev–Trinajstić information content (AvgIpc) is 2.90. The monoisotopic (exact) mass is 295 g/mol. The van der Waals surface area contributed by atoms with Crippen molar-refractivity contribution in [1.82, 2.24) is 9.88 Å². The molecule has 2 heterocycles. The molecule has 0 bridgehead atoms. The zero-order valence-corrected chi connectivity index (χ0v) is 14.2. The molecule has 1 aromatic rings. The normalized spacial score (nSPS) is 22.9. The molecule has 3 nitrogen and oxygen atoms in total. The van der Waals surface area contributed by atoms with Crippen molar-refractivity contribution in [1.29, 1.82) is 0 Å². The first-order chi connectivity index (χ1) is 9.47. The molecule has 1 saturated heterocycles. The van der Waals surface area contributed by atoms with E-state index in [1.165, 1.54) is 36.5 Å². The maximum Gasteiger partial charge on any atom is 0.0987 e. The van der Waals surface area contributed by atoms with E-state index in [-0.39, 0.29) is 5.41 Å². The van der Waals surface area contributed by atoms with Gasteiger partial charge >= 0.3 is 0 Å². The van der Waals surface area contributed by atoms with Crippen molar-refractivity contribution in [3.63, 3.8) is 0 Å². The molecule has 1 aliphatic heterocycles. The zero-order valence-electron chi connectivity index (χ0n) is 13.4. The van der Waals surface area contributed by atoms with Crippen molar-refractivity contribution in [3.05, 3.63) is 16.1 Å². The molecule has 0 amide bonds. The van der Waals surface area contributed by atoms with Gasteiger partial charge in [-0.15, -0.1) is 11.3 Å². The van der Waals surface area contributed by atoms with Gasteiger partial charge in [0.15, 0.2) is 0 Å². The number of nitrogens with zero attached hydrogens (tertiary/aromatic N) is 2. The fraction of sp³-hybridized carbons (Fsp3) is 0.812. The van der Waals surface area contributed by atoms with Crippen LogP contribution in [0.3, 0.4) is 0 Å². The summed E-state index contributed by atoms with van der Waals surface area (Å²) >= 11 is 1.80. The molecule has 0 aromatic carbocycles. The Morgan fingerprint density at radius 3 is 2.75 bits per heavy atom. The third-order valence-electron chi connectivity index (χ3n) is 4.40. The number of likely N-dealkylation sites (tertiary alicyclic amines) is 1. The Kier molecular flexibility index (Phi) is 5.21. The molecular weight excluding hydrogens is 266 g/mol. The van der Waals surface area contributed by atoms with Crippen LogP contribution in [-0.4, -0.2) is 35.6 Å². The van der Waals surface area contributed by atoms with Crippen molar-refractivity contribution in [2.75, 3.05) is 19.6 Å². The number of piperidine rings is 1. The van der Waals surface area contributed by atoms with E-state index >= 15 is 0 Å². The molecule has 0 radical (unpaired) electrons. The Balaban J connectivity index is 2.20. The van der Waals surface area contributed by atoms with Crippen molar-refractivity contribution in [3.8, 4) is 0 Å². The van der Waals surface area contributed by atoms with Crippen LogP contribution in [0.1, 0.15) is 63.6 Å². The summed E-state index contributed by atoms with van der Waals surface area (Å²) in [6.07, 6.45) is 3.92. The third kappa shape index (κ3) is 3.41. The van der Waals surface area contributed by atoms with E-state index in [1.54, 1.807) is 11.3 Å². The molecule has 1 aromatic heterocycles. The highest BCUT2D eigenvalue weighted by Crippen LogP contribution is 2.33. The molecule has 0 aliphatic carbocycles. The van der Waals surface area contributed by atoms with Crippen LogP contribution in [0.15, 0.2) is 5.38 Å². The summed E-state index contributed by atoms with van der Waals surface area (Å²) in [5.74, 6) is 0.399. The van der Waals surface area contributed by atoms with Gasteiger partial charge < -0.3 is 5.73 Å². The van der Waals surface area contributed by atoms with Crippen molar-refractivity contribution in [2.24, 2.45) is 5.73 Å². The van der Waals surface area contributed by atoms with Crippen LogP contribution in [0.5, 0.6) is 0 Å². The SMILES string of the molecule is CCN1CCCCC1C(CN)c1nc(C(C)(C)C)cs1. The smallest absolute Gasteiger partial charge is 0.0987 e. The summed E-state index contributed by atoms with van der Waals surface area (Å²) < 4.78 is 0. The third-order valence-corrected chi connectivity index (χ3v) is 5.37. The minimum atomic E-state index is 0.130. The lowest BCUT2D eigenvalue weighted by molar-refractivity contribution is 0.133. The zero-order chi connectivity index (χ0) is 14.8. The number of hydrogen-bond acceptors (Lipinski definition) is 4. The molecule has 114 valence electrons. The molecule has 0 spiro atoms. The molecule has 1 fully saturated rings. The summed E-state index contributed by atoms with van der Waals surface area (Å²) in [6.45, 7) is 12.0. The summed E-state index contributed by atoms with van der Waals surface area (Å²) in [6, 6.07) is 0.581. The number of likely N-dealkylation sites (N-methyl/N-ethyl adjacent to an activating group) is 1. The molecule has 1 aliphatic rings. The maximum atomic E-state index is 6.11. The number of thiazole rings is 1. The van der Waals surface area contributed by atoms with Crippen LogP contribution in [0.25, 0.3) is 0 Å². The van der Waals surface area contributed by atoms with Gasteiger partial charge in [-0.25, -0.2) is 4.98 Å². The van der Waals surface area contributed by atoms with Gasteiger partial charge in [-0.1, -0.05) is 34.1 Å². The summed E-state index contributed by atoms with van der Waals surface area (Å²) in [4.78, 5) is 7.50. The van der Waals surface area contributed by atoms with Gasteiger partial charge in [-0.3, -0.25) is 4.90 Å². The van der Waals surface area contributed by atoms with E-state index in [1.807, 2.05) is 0 Å². The van der Waals surface area contributed by atoms with Crippen LogP contribution in [0.4, 0.5) is 0 Å². The molecule has 2 rings (SSSR count). The van der Waals surface area contributed by atoms with Crippen molar-refractivity contribution >= 4 is 11.3 Å². The second-order valence-corrected chi connectivity index (χ2v) is 7.74. The van der Waals surface area contributed by atoms with Crippen LogP contribution < -0.4 is 5.73 Å². The van der Waals surface area contributed by atoms with Crippen molar-refractivity contribution in [2.45, 2.75) is 64.3 Å². The Hall–Kier alpha value is -0.450. The summed E-state index contributed by atoms with van der Waals surface area (Å²) in [7, 11) is 0. The molecule has 2 atom stereocenters. The van der Waals surface area contributed by atoms with E-state index in [4.69, 9.17) is 10.7 Å². The quantitative estimate of drug-likeness (QED) is 0.926. The first-order valence-corrected chi connectivity index (χ1v) is 8.75. The van der Waals surface area contributed by atoms with Gasteiger partial charge in [0.05, 0.1) is 10.7 Å². The van der Waals surface area contributed by atoms with Gasteiger partial charge in [0.2, 0.25) is 0 Å². The first kappa shape index (κ1) is 15.9. The Morgan fingerprint density at radius 2 is 2.20 bits per heavy atom. The van der Waals surface area contributed by atoms with E-state index in [0.717, 1.165) is 6.54 Å². The van der Waals surface area contributed by atoms with E-state index in [0.29, 0.717) is 18.5 Å². The topological polar surface area (TPSA) is 42.1 Å². The minimum Gasteiger partial charge on any atom is -0.330 e. The molecule has 4 heteroatoms. The Labute approximate surface area is 127 Å². The lowest BCUT2D eigenvalue weighted by Crippen LogP contribution is -2.45. The first-order valence-electron chi connectivity index (χ1n) is 7.87. The highest BCUT2D eigenvalue weighted by atomic mass is 32.1. The number of rotatable bonds is 4. The summed E-state index contributed by atoms with van der Waals surface area (Å²) in [5.41, 5.74) is 7.44. The van der Waals surface area contributed by atoms with Gasteiger partial charge in [-0.05, 0) is 25.9 Å². The molecule has 20 heavy (non-hydrogen) atoms. The van der Waals surface area contributed by atoms with E-state index in [9.17, 15) is 0 Å². The van der Waals surface area contributed by atoms with E-state index < -0.39 is 0 Å². The summed E-state index contributed by atoms with van der Waals surface area (Å²) in [5, 5.41) is 3.46. The second kappa shape index (κ2) is 6.54. The van der Waals surface area contributed by atoms with Gasteiger partial charge in [0.25, 0.3) is 0 Å². The number of nitrogens with two attached hydrogens (primary N) is 1. The number of aromatic nitrogens is 1. The lowest BCUT2D eigenvalue weighted by Gasteiger charge is -2.38. The highest BCUT2D eigenvalue weighted by molar-refractivity contribution is 7.09.